The summed E-state index contributed by atoms with van der Waals surface area (Å²) in [6.07, 6.45) is 2.03. The number of thioether (sulfide) groups is 2. The average molecular weight is 292 g/mol. The molecule has 0 radical (unpaired) electrons. The molecule has 0 aliphatic heterocycles. The highest BCUT2D eigenvalue weighted by molar-refractivity contribution is 8.00. The van der Waals surface area contributed by atoms with Gasteiger partial charge in [0.15, 0.2) is 5.78 Å². The number of hydrogen-bond donors (Lipinski definition) is 0. The van der Waals surface area contributed by atoms with Crippen molar-refractivity contribution in [2.24, 2.45) is 7.05 Å². The summed E-state index contributed by atoms with van der Waals surface area (Å²) in [5.74, 6) is 0.592. The molecule has 0 atom stereocenters. The number of carbonyl (C=O) groups is 1. The van der Waals surface area contributed by atoms with Crippen LogP contribution in [0.5, 0.6) is 0 Å². The quantitative estimate of drug-likeness (QED) is 0.625. The van der Waals surface area contributed by atoms with E-state index in [2.05, 4.69) is 5.10 Å². The molecule has 1 aromatic carbocycles. The average Bonchev–Trinajstić information content (AvgIpc) is 2.74. The van der Waals surface area contributed by atoms with Crippen molar-refractivity contribution in [2.45, 2.75) is 16.8 Å². The van der Waals surface area contributed by atoms with E-state index >= 15 is 0 Å². The molecule has 19 heavy (non-hydrogen) atoms. The summed E-state index contributed by atoms with van der Waals surface area (Å²) in [4.78, 5) is 13.3. The first-order chi connectivity index (χ1) is 9.10. The molecule has 0 fully saturated rings. The third kappa shape index (κ3) is 3.64. The highest BCUT2D eigenvalue weighted by Crippen LogP contribution is 2.20. The number of ketones is 1. The summed E-state index contributed by atoms with van der Waals surface area (Å²) < 4.78 is 1.81. The molecule has 0 amide bonds. The van der Waals surface area contributed by atoms with Crippen LogP contribution < -0.4 is 0 Å². The molecule has 100 valence electrons. The van der Waals surface area contributed by atoms with Crippen LogP contribution in [0.15, 0.2) is 40.3 Å². The highest BCUT2D eigenvalue weighted by Gasteiger charge is 2.09. The Kier molecular flexibility index (Phi) is 4.71. The van der Waals surface area contributed by atoms with Gasteiger partial charge in [0.05, 0.1) is 16.5 Å². The Morgan fingerprint density at radius 2 is 2.00 bits per heavy atom. The lowest BCUT2D eigenvalue weighted by molar-refractivity contribution is 0.102. The predicted octanol–water partition coefficient (Wildman–Crippen LogP) is 3.43. The highest BCUT2D eigenvalue weighted by atomic mass is 32.2. The van der Waals surface area contributed by atoms with E-state index in [9.17, 15) is 4.79 Å². The number of hydrogen-bond acceptors (Lipinski definition) is 4. The van der Waals surface area contributed by atoms with E-state index in [1.807, 2.05) is 55.2 Å². The van der Waals surface area contributed by atoms with Crippen molar-refractivity contribution in [1.82, 2.24) is 9.78 Å². The van der Waals surface area contributed by atoms with E-state index in [1.165, 1.54) is 16.7 Å². The van der Waals surface area contributed by atoms with Gasteiger partial charge in [0.1, 0.15) is 0 Å². The third-order valence-corrected chi connectivity index (χ3v) is 4.55. The Morgan fingerprint density at radius 1 is 1.32 bits per heavy atom. The van der Waals surface area contributed by atoms with Crippen molar-refractivity contribution in [1.29, 1.82) is 0 Å². The molecule has 0 saturated heterocycles. The maximum absolute atomic E-state index is 12.1. The SMILES string of the molecule is CSc1ccc(C(=O)CSc2cc(C)nn2C)cc1. The van der Waals surface area contributed by atoms with Crippen LogP contribution in [0, 0.1) is 6.92 Å². The van der Waals surface area contributed by atoms with E-state index in [4.69, 9.17) is 0 Å². The molecule has 1 heterocycles. The number of aryl methyl sites for hydroxylation is 2. The van der Waals surface area contributed by atoms with Gasteiger partial charge in [0.2, 0.25) is 0 Å². The fourth-order valence-electron chi connectivity index (χ4n) is 1.72. The maximum Gasteiger partial charge on any atom is 0.173 e. The Balaban J connectivity index is 1.99. The van der Waals surface area contributed by atoms with Gasteiger partial charge in [0, 0.05) is 17.5 Å². The summed E-state index contributed by atoms with van der Waals surface area (Å²) in [5.41, 5.74) is 1.74. The molecule has 0 unspecified atom stereocenters. The predicted molar refractivity (Wildman–Crippen MR) is 81.2 cm³/mol. The largest absolute Gasteiger partial charge is 0.293 e. The second-order valence-corrected chi connectivity index (χ2v) is 6.06. The lowest BCUT2D eigenvalue weighted by Crippen LogP contribution is -2.03. The molecule has 0 saturated carbocycles. The van der Waals surface area contributed by atoms with E-state index in [1.54, 1.807) is 11.8 Å². The standard InChI is InChI=1S/C14H16N2OS2/c1-10-8-14(16(2)15-10)19-9-13(17)11-4-6-12(18-3)7-5-11/h4-8H,9H2,1-3H3. The monoisotopic (exact) mass is 292 g/mol. The fraction of sp³-hybridized carbons (Fsp3) is 0.286. The second kappa shape index (κ2) is 6.30. The van der Waals surface area contributed by atoms with Crippen LogP contribution in [-0.4, -0.2) is 27.6 Å². The Bertz CT molecular complexity index is 576. The number of rotatable bonds is 5. The van der Waals surface area contributed by atoms with E-state index in [0.29, 0.717) is 5.75 Å². The molecule has 3 nitrogen and oxygen atoms in total. The van der Waals surface area contributed by atoms with Gasteiger partial charge in [-0.05, 0) is 31.4 Å². The van der Waals surface area contributed by atoms with E-state index in [0.717, 1.165) is 16.3 Å². The smallest absolute Gasteiger partial charge is 0.173 e. The first kappa shape index (κ1) is 14.2. The zero-order valence-corrected chi connectivity index (χ0v) is 12.8. The summed E-state index contributed by atoms with van der Waals surface area (Å²) >= 11 is 3.20. The molecule has 0 aliphatic carbocycles. The summed E-state index contributed by atoms with van der Waals surface area (Å²) in [6, 6.07) is 9.74. The van der Waals surface area contributed by atoms with Gasteiger partial charge >= 0.3 is 0 Å². The van der Waals surface area contributed by atoms with Crippen molar-refractivity contribution in [3.8, 4) is 0 Å². The fourth-order valence-corrected chi connectivity index (χ4v) is 3.06. The van der Waals surface area contributed by atoms with E-state index < -0.39 is 0 Å². The van der Waals surface area contributed by atoms with Crippen LogP contribution >= 0.6 is 23.5 Å². The second-order valence-electron chi connectivity index (χ2n) is 4.19. The Labute approximate surface area is 121 Å². The maximum atomic E-state index is 12.1. The molecule has 5 heteroatoms. The number of aromatic nitrogens is 2. The third-order valence-electron chi connectivity index (χ3n) is 2.72. The van der Waals surface area contributed by atoms with Gasteiger partial charge in [-0.1, -0.05) is 23.9 Å². The molecule has 0 aliphatic rings. The van der Waals surface area contributed by atoms with Gasteiger partial charge in [-0.3, -0.25) is 9.48 Å². The van der Waals surface area contributed by atoms with Gasteiger partial charge in [-0.2, -0.15) is 5.10 Å². The molecular formula is C14H16N2OS2. The molecule has 1 aromatic heterocycles. The van der Waals surface area contributed by atoms with Crippen molar-refractivity contribution < 1.29 is 4.79 Å². The number of Topliss-reactive ketones (excluding diaryl/α,β-unsaturated/α-hetero) is 1. The minimum absolute atomic E-state index is 0.150. The Hall–Kier alpha value is -1.20. The molecule has 2 rings (SSSR count). The first-order valence-corrected chi connectivity index (χ1v) is 8.12. The van der Waals surface area contributed by atoms with Crippen LogP contribution in [0.4, 0.5) is 0 Å². The van der Waals surface area contributed by atoms with Gasteiger partial charge in [-0.15, -0.1) is 11.8 Å². The van der Waals surface area contributed by atoms with Gasteiger partial charge in [0.25, 0.3) is 0 Å². The zero-order chi connectivity index (χ0) is 13.8. The molecule has 0 spiro atoms. The summed E-state index contributed by atoms with van der Waals surface area (Å²) in [6.45, 7) is 1.95. The number of benzene rings is 1. The lowest BCUT2D eigenvalue weighted by Gasteiger charge is -2.03. The van der Waals surface area contributed by atoms with Crippen LogP contribution in [0.1, 0.15) is 16.1 Å². The minimum atomic E-state index is 0.150. The van der Waals surface area contributed by atoms with Crippen LogP contribution in [0.25, 0.3) is 0 Å². The van der Waals surface area contributed by atoms with Crippen LogP contribution in [-0.2, 0) is 7.05 Å². The zero-order valence-electron chi connectivity index (χ0n) is 11.2. The van der Waals surface area contributed by atoms with Crippen LogP contribution in [0.3, 0.4) is 0 Å². The topological polar surface area (TPSA) is 34.9 Å². The Morgan fingerprint density at radius 3 is 2.53 bits per heavy atom. The normalized spacial score (nSPS) is 10.7. The van der Waals surface area contributed by atoms with Crippen molar-refractivity contribution >= 4 is 29.3 Å². The summed E-state index contributed by atoms with van der Waals surface area (Å²) in [5, 5.41) is 5.29. The minimum Gasteiger partial charge on any atom is -0.293 e. The van der Waals surface area contributed by atoms with Crippen molar-refractivity contribution in [2.75, 3.05) is 12.0 Å². The molecule has 0 bridgehead atoms. The lowest BCUT2D eigenvalue weighted by atomic mass is 10.1. The number of carbonyl (C=O) groups excluding carboxylic acids is 1. The molecule has 0 N–H and O–H groups in total. The molecule has 2 aromatic rings. The first-order valence-electron chi connectivity index (χ1n) is 5.91. The van der Waals surface area contributed by atoms with Crippen LogP contribution in [0.2, 0.25) is 0 Å². The molecular weight excluding hydrogens is 276 g/mol. The van der Waals surface area contributed by atoms with Crippen molar-refractivity contribution in [3.63, 3.8) is 0 Å². The van der Waals surface area contributed by atoms with Gasteiger partial charge in [-0.25, -0.2) is 0 Å². The van der Waals surface area contributed by atoms with Gasteiger partial charge < -0.3 is 0 Å². The van der Waals surface area contributed by atoms with Crippen molar-refractivity contribution in [3.05, 3.63) is 41.6 Å². The summed E-state index contributed by atoms with van der Waals surface area (Å²) in [7, 11) is 1.90. The van der Waals surface area contributed by atoms with E-state index in [-0.39, 0.29) is 5.78 Å². The number of nitrogens with zero attached hydrogens (tertiary/aromatic N) is 2.